The van der Waals surface area contributed by atoms with Crippen LogP contribution in [0, 0.1) is 0 Å². The van der Waals surface area contributed by atoms with Crippen molar-refractivity contribution in [2.75, 3.05) is 0 Å². The van der Waals surface area contributed by atoms with Crippen LogP contribution in [0.3, 0.4) is 0 Å². The van der Waals surface area contributed by atoms with Crippen molar-refractivity contribution >= 4 is 11.9 Å². The van der Waals surface area contributed by atoms with Crippen LogP contribution in [0.1, 0.15) is 12.8 Å². The Morgan fingerprint density at radius 2 is 1.31 bits per heavy atom. The molecule has 0 radical (unpaired) electrons. The maximum atomic E-state index is 10.6. The van der Waals surface area contributed by atoms with Gasteiger partial charge in [0.25, 0.3) is 0 Å². The first kappa shape index (κ1) is 13.9. The van der Waals surface area contributed by atoms with Gasteiger partial charge in [-0.2, -0.15) is 0 Å². The van der Waals surface area contributed by atoms with Crippen LogP contribution >= 0.6 is 0 Å². The lowest BCUT2D eigenvalue weighted by Crippen LogP contribution is -2.09. The molecule has 0 N–H and O–H groups in total. The predicted molar refractivity (Wildman–Crippen MR) is 52.0 cm³/mol. The molecule has 0 spiro atoms. The highest BCUT2D eigenvalue weighted by atomic mass is 16.6. The van der Waals surface area contributed by atoms with Gasteiger partial charge in [0.2, 0.25) is 0 Å². The van der Waals surface area contributed by atoms with E-state index < -0.39 is 11.9 Å². The molecular weight excluding hydrogens is 168 g/mol. The minimum atomic E-state index is -0.577. The van der Waals surface area contributed by atoms with E-state index >= 15 is 0 Å². The van der Waals surface area contributed by atoms with E-state index in [0.29, 0.717) is 0 Å². The minimum Gasteiger partial charge on any atom is -0.393 e. The number of hydrogen-bond donors (Lipinski definition) is 0. The summed E-state index contributed by atoms with van der Waals surface area (Å²) >= 11 is 0. The molecule has 0 saturated heterocycles. The maximum Gasteiger partial charge on any atom is 0.317 e. The lowest BCUT2D eigenvalue weighted by Gasteiger charge is -1.96. The first-order valence-electron chi connectivity index (χ1n) is 3.66. The minimum absolute atomic E-state index is 0.0584. The molecule has 0 fully saturated rings. The number of rotatable bonds is 4. The summed E-state index contributed by atoms with van der Waals surface area (Å²) in [6, 6.07) is 0. The quantitative estimate of drug-likeness (QED) is 0.379. The zero-order valence-electron chi connectivity index (χ0n) is 7.62. The average molecular weight is 182 g/mol. The molecule has 0 aromatic heterocycles. The molecule has 0 atom stereocenters. The third-order valence-corrected chi connectivity index (χ3v) is 0.850. The van der Waals surface area contributed by atoms with Crippen LogP contribution in [0.15, 0.2) is 38.5 Å². The molecule has 0 aliphatic rings. The van der Waals surface area contributed by atoms with E-state index in [1.54, 1.807) is 0 Å². The fraction of sp³-hybridized carbons (Fsp3) is 0.200. The van der Waals surface area contributed by atoms with Gasteiger partial charge in [0.15, 0.2) is 0 Å². The molecule has 0 unspecified atom stereocenters. The average Bonchev–Trinajstić information content (AvgIpc) is 2.08. The Bertz CT molecular complexity index is 174. The zero-order chi connectivity index (χ0) is 10.7. The van der Waals surface area contributed by atoms with Crippen molar-refractivity contribution in [1.29, 1.82) is 0 Å². The van der Waals surface area contributed by atoms with Crippen molar-refractivity contribution in [3.8, 4) is 0 Å². The van der Waals surface area contributed by atoms with Crippen molar-refractivity contribution in [3.63, 3.8) is 0 Å². The molecule has 0 aliphatic carbocycles. The van der Waals surface area contributed by atoms with Crippen molar-refractivity contribution in [2.45, 2.75) is 12.8 Å². The molecule has 3 nitrogen and oxygen atoms in total. The lowest BCUT2D eigenvalue weighted by molar-refractivity contribution is -0.158. The van der Waals surface area contributed by atoms with Crippen LogP contribution in [0.25, 0.3) is 0 Å². The Morgan fingerprint density at radius 3 is 1.54 bits per heavy atom. The normalized spacial score (nSPS) is 7.38. The highest BCUT2D eigenvalue weighted by Crippen LogP contribution is 1.91. The standard InChI is InChI=1S/C8H10O3.C2H4/c1-3-5-7(9)11-8(10)6-4-2;1-2/h3-4H,1-2,5-6H2;1-2H2. The molecule has 0 aromatic rings. The molecule has 0 rings (SSSR count). The van der Waals surface area contributed by atoms with Gasteiger partial charge >= 0.3 is 11.9 Å². The summed E-state index contributed by atoms with van der Waals surface area (Å²) in [7, 11) is 0. The zero-order valence-corrected chi connectivity index (χ0v) is 7.62. The lowest BCUT2D eigenvalue weighted by atomic mass is 10.4. The number of hydrogen-bond acceptors (Lipinski definition) is 3. The van der Waals surface area contributed by atoms with Gasteiger partial charge < -0.3 is 4.74 Å². The van der Waals surface area contributed by atoms with E-state index in [1.165, 1.54) is 12.2 Å². The first-order valence-corrected chi connectivity index (χ1v) is 3.66. The van der Waals surface area contributed by atoms with Crippen molar-refractivity contribution < 1.29 is 14.3 Å². The monoisotopic (exact) mass is 182 g/mol. The van der Waals surface area contributed by atoms with Gasteiger partial charge in [-0.1, -0.05) is 12.2 Å². The summed E-state index contributed by atoms with van der Waals surface area (Å²) in [5, 5.41) is 0. The van der Waals surface area contributed by atoms with Crippen LogP contribution in [0.4, 0.5) is 0 Å². The Kier molecular flexibility index (Phi) is 11.1. The number of esters is 2. The predicted octanol–water partition coefficient (Wildman–Crippen LogP) is 2.01. The molecule has 72 valence electrons. The van der Waals surface area contributed by atoms with Crippen molar-refractivity contribution in [3.05, 3.63) is 38.5 Å². The highest BCUT2D eigenvalue weighted by Gasteiger charge is 2.05. The van der Waals surface area contributed by atoms with Gasteiger partial charge in [0.1, 0.15) is 0 Å². The van der Waals surface area contributed by atoms with Crippen LogP contribution in [0.5, 0.6) is 0 Å². The molecule has 3 heteroatoms. The molecule has 0 heterocycles. The van der Waals surface area contributed by atoms with Crippen molar-refractivity contribution in [1.82, 2.24) is 0 Å². The molecule has 0 aliphatic heterocycles. The highest BCUT2D eigenvalue weighted by molar-refractivity contribution is 5.86. The SMILES string of the molecule is C=C.C=CCC(=O)OC(=O)CC=C. The van der Waals surface area contributed by atoms with Crippen LogP contribution in [-0.2, 0) is 14.3 Å². The molecule has 0 bridgehead atoms. The summed E-state index contributed by atoms with van der Waals surface area (Å²) in [5.41, 5.74) is 0. The van der Waals surface area contributed by atoms with E-state index in [4.69, 9.17) is 0 Å². The Labute approximate surface area is 78.4 Å². The van der Waals surface area contributed by atoms with Crippen LogP contribution in [-0.4, -0.2) is 11.9 Å². The number of ether oxygens (including phenoxy) is 1. The number of carbonyl (C=O) groups excluding carboxylic acids is 2. The second-order valence-corrected chi connectivity index (χ2v) is 1.83. The molecular formula is C10H14O3. The van der Waals surface area contributed by atoms with Gasteiger partial charge in [-0.25, -0.2) is 0 Å². The third-order valence-electron chi connectivity index (χ3n) is 0.850. The van der Waals surface area contributed by atoms with Gasteiger partial charge in [-0.15, -0.1) is 26.3 Å². The van der Waals surface area contributed by atoms with Gasteiger partial charge in [-0.05, 0) is 0 Å². The van der Waals surface area contributed by atoms with E-state index in [2.05, 4.69) is 31.1 Å². The van der Waals surface area contributed by atoms with Gasteiger partial charge in [-0.3, -0.25) is 9.59 Å². The summed E-state index contributed by atoms with van der Waals surface area (Å²) in [5.74, 6) is -1.15. The summed E-state index contributed by atoms with van der Waals surface area (Å²) < 4.78 is 4.31. The largest absolute Gasteiger partial charge is 0.393 e. The molecule has 13 heavy (non-hydrogen) atoms. The van der Waals surface area contributed by atoms with E-state index in [0.717, 1.165) is 0 Å². The van der Waals surface area contributed by atoms with E-state index in [-0.39, 0.29) is 12.8 Å². The fourth-order valence-electron chi connectivity index (χ4n) is 0.446. The van der Waals surface area contributed by atoms with E-state index in [1.807, 2.05) is 0 Å². The Balaban J connectivity index is 0. The van der Waals surface area contributed by atoms with Gasteiger partial charge in [0.05, 0.1) is 12.8 Å². The van der Waals surface area contributed by atoms with Crippen molar-refractivity contribution in [2.24, 2.45) is 0 Å². The third kappa shape index (κ3) is 10.4. The molecule has 0 aromatic carbocycles. The fourth-order valence-corrected chi connectivity index (χ4v) is 0.446. The van der Waals surface area contributed by atoms with Gasteiger partial charge in [0, 0.05) is 0 Å². The summed E-state index contributed by atoms with van der Waals surface area (Å²) in [6.07, 6.45) is 2.87. The summed E-state index contributed by atoms with van der Waals surface area (Å²) in [6.45, 7) is 12.6. The second-order valence-electron chi connectivity index (χ2n) is 1.83. The second kappa shape index (κ2) is 10.4. The van der Waals surface area contributed by atoms with Crippen LogP contribution in [0.2, 0.25) is 0 Å². The Morgan fingerprint density at radius 1 is 1.00 bits per heavy atom. The first-order chi connectivity index (χ1) is 6.20. The smallest absolute Gasteiger partial charge is 0.317 e. The molecule has 0 saturated carbocycles. The Hall–Kier alpha value is -1.64. The molecule has 0 amide bonds. The topological polar surface area (TPSA) is 43.4 Å². The number of carbonyl (C=O) groups is 2. The maximum absolute atomic E-state index is 10.6. The van der Waals surface area contributed by atoms with E-state index in [9.17, 15) is 9.59 Å². The van der Waals surface area contributed by atoms with Crippen LogP contribution < -0.4 is 0 Å². The summed E-state index contributed by atoms with van der Waals surface area (Å²) in [4.78, 5) is 21.2.